The summed E-state index contributed by atoms with van der Waals surface area (Å²) in [7, 11) is 2.30. The van der Waals surface area contributed by atoms with Crippen LogP contribution in [0.1, 0.15) is 26.2 Å². The largest absolute Gasteiger partial charge is 0.298 e. The molecule has 1 aliphatic rings. The molecule has 1 fully saturated rings. The first-order chi connectivity index (χ1) is 4.69. The van der Waals surface area contributed by atoms with Crippen molar-refractivity contribution in [3.05, 3.63) is 12.3 Å². The highest BCUT2D eigenvalue weighted by atomic mass is 15.3. The van der Waals surface area contributed by atoms with Crippen molar-refractivity contribution < 1.29 is 4.48 Å². The summed E-state index contributed by atoms with van der Waals surface area (Å²) in [6.45, 7) is 8.92. The first kappa shape index (κ1) is 7.80. The first-order valence-electron chi connectivity index (χ1n) is 4.22. The average Bonchev–Trinajstić information content (AvgIpc) is 2.36. The highest BCUT2D eigenvalue weighted by Crippen LogP contribution is 2.23. The van der Waals surface area contributed by atoms with E-state index in [1.54, 1.807) is 0 Å². The molecule has 0 N–H and O–H groups in total. The molecule has 0 bridgehead atoms. The monoisotopic (exact) mass is 140 g/mol. The molecule has 1 heteroatoms. The van der Waals surface area contributed by atoms with Gasteiger partial charge in [-0.05, 0) is 6.58 Å². The summed E-state index contributed by atoms with van der Waals surface area (Å²) in [5.74, 6) is 0. The number of quaternary nitrogens is 1. The van der Waals surface area contributed by atoms with Gasteiger partial charge in [-0.2, -0.15) is 0 Å². The van der Waals surface area contributed by atoms with Crippen LogP contribution in [0.15, 0.2) is 12.3 Å². The second-order valence-electron chi connectivity index (χ2n) is 3.47. The zero-order chi connectivity index (χ0) is 7.61. The Hall–Kier alpha value is -0.300. The molecule has 0 atom stereocenters. The van der Waals surface area contributed by atoms with Crippen LogP contribution in [0.5, 0.6) is 0 Å². The number of nitrogens with zero attached hydrogens (tertiary/aromatic N) is 1. The van der Waals surface area contributed by atoms with Gasteiger partial charge in [0.05, 0.1) is 20.1 Å². The van der Waals surface area contributed by atoms with E-state index in [1.165, 1.54) is 31.6 Å². The average molecular weight is 140 g/mol. The van der Waals surface area contributed by atoms with E-state index >= 15 is 0 Å². The Kier molecular flexibility index (Phi) is 2.14. The highest BCUT2D eigenvalue weighted by molar-refractivity contribution is 4.82. The number of allylic oxidation sites excluding steroid dienone is 1. The predicted molar refractivity (Wildman–Crippen MR) is 44.6 cm³/mol. The van der Waals surface area contributed by atoms with Crippen LogP contribution in [-0.4, -0.2) is 24.6 Å². The summed E-state index contributed by atoms with van der Waals surface area (Å²) in [5, 5.41) is 0. The van der Waals surface area contributed by atoms with E-state index in [0.717, 1.165) is 10.9 Å². The quantitative estimate of drug-likeness (QED) is 0.516. The van der Waals surface area contributed by atoms with E-state index in [9.17, 15) is 0 Å². The fourth-order valence-electron chi connectivity index (χ4n) is 1.73. The molecule has 1 nitrogen and oxygen atoms in total. The van der Waals surface area contributed by atoms with E-state index in [-0.39, 0.29) is 0 Å². The Morgan fingerprint density at radius 3 is 2.30 bits per heavy atom. The zero-order valence-corrected chi connectivity index (χ0v) is 7.19. The molecule has 0 aliphatic carbocycles. The number of likely N-dealkylation sites (tertiary alicyclic amines) is 1. The minimum absolute atomic E-state index is 1.14. The fraction of sp³-hybridized carbons (Fsp3) is 0.778. The van der Waals surface area contributed by atoms with Gasteiger partial charge < -0.3 is 0 Å². The Balaban J connectivity index is 2.58. The third-order valence-corrected chi connectivity index (χ3v) is 2.72. The smallest absolute Gasteiger partial charge is 0.101 e. The molecular weight excluding hydrogens is 122 g/mol. The third kappa shape index (κ3) is 1.24. The summed E-state index contributed by atoms with van der Waals surface area (Å²) in [6.07, 6.45) is 3.90. The van der Waals surface area contributed by atoms with E-state index in [1.807, 2.05) is 0 Å². The molecule has 0 amide bonds. The summed E-state index contributed by atoms with van der Waals surface area (Å²) < 4.78 is 1.14. The predicted octanol–water partition coefficient (Wildman–Crippen LogP) is 2.15. The molecule has 0 aromatic rings. The molecule has 0 saturated carbocycles. The summed E-state index contributed by atoms with van der Waals surface area (Å²) in [6, 6.07) is 0. The lowest BCUT2D eigenvalue weighted by Crippen LogP contribution is -2.38. The Bertz CT molecular complexity index is 132. The van der Waals surface area contributed by atoms with Crippen LogP contribution in [0.3, 0.4) is 0 Å². The van der Waals surface area contributed by atoms with Gasteiger partial charge >= 0.3 is 0 Å². The van der Waals surface area contributed by atoms with Crippen molar-refractivity contribution in [1.82, 2.24) is 0 Å². The molecular formula is C9H18N+. The zero-order valence-electron chi connectivity index (χ0n) is 7.19. The second-order valence-corrected chi connectivity index (χ2v) is 3.47. The van der Waals surface area contributed by atoms with Crippen molar-refractivity contribution in [1.29, 1.82) is 0 Å². The minimum atomic E-state index is 1.14. The maximum absolute atomic E-state index is 4.10. The summed E-state index contributed by atoms with van der Waals surface area (Å²) in [5.41, 5.74) is 1.40. The Labute approximate surface area is 63.9 Å². The lowest BCUT2D eigenvalue weighted by atomic mass is 10.3. The Morgan fingerprint density at radius 1 is 1.40 bits per heavy atom. The van der Waals surface area contributed by atoms with Gasteiger partial charge in [0, 0.05) is 19.3 Å². The second kappa shape index (κ2) is 2.75. The maximum atomic E-state index is 4.10. The number of hydrogen-bond donors (Lipinski definition) is 0. The van der Waals surface area contributed by atoms with Crippen LogP contribution in [0.2, 0.25) is 0 Å². The maximum Gasteiger partial charge on any atom is 0.101 e. The molecule has 0 radical (unpaired) electrons. The van der Waals surface area contributed by atoms with Crippen LogP contribution < -0.4 is 0 Å². The molecule has 1 aliphatic heterocycles. The van der Waals surface area contributed by atoms with Crippen LogP contribution in [0.4, 0.5) is 0 Å². The fourth-order valence-corrected chi connectivity index (χ4v) is 1.73. The highest BCUT2D eigenvalue weighted by Gasteiger charge is 2.28. The third-order valence-electron chi connectivity index (χ3n) is 2.72. The summed E-state index contributed by atoms with van der Waals surface area (Å²) in [4.78, 5) is 0. The molecule has 0 unspecified atom stereocenters. The van der Waals surface area contributed by atoms with Gasteiger partial charge in [0.15, 0.2) is 0 Å². The lowest BCUT2D eigenvalue weighted by molar-refractivity contribution is -0.860. The van der Waals surface area contributed by atoms with Crippen molar-refractivity contribution in [2.24, 2.45) is 0 Å². The van der Waals surface area contributed by atoms with Crippen LogP contribution in [0.25, 0.3) is 0 Å². The van der Waals surface area contributed by atoms with E-state index in [4.69, 9.17) is 0 Å². The number of hydrogen-bond acceptors (Lipinski definition) is 0. The van der Waals surface area contributed by atoms with Crippen LogP contribution >= 0.6 is 0 Å². The van der Waals surface area contributed by atoms with Gasteiger partial charge in [0.1, 0.15) is 5.70 Å². The minimum Gasteiger partial charge on any atom is -0.298 e. The molecule has 1 rings (SSSR count). The van der Waals surface area contributed by atoms with Gasteiger partial charge in [-0.25, -0.2) is 0 Å². The van der Waals surface area contributed by atoms with E-state index in [0.29, 0.717) is 0 Å². The normalized spacial score (nSPS) is 23.0. The SMILES string of the molecule is C=C(CC)[N+]1(C)CCCC1. The molecule has 58 valence electrons. The lowest BCUT2D eigenvalue weighted by Gasteiger charge is -2.29. The van der Waals surface area contributed by atoms with E-state index in [2.05, 4.69) is 20.6 Å². The molecule has 1 heterocycles. The molecule has 10 heavy (non-hydrogen) atoms. The molecule has 0 spiro atoms. The number of rotatable bonds is 2. The first-order valence-corrected chi connectivity index (χ1v) is 4.22. The van der Waals surface area contributed by atoms with Gasteiger partial charge in [-0.1, -0.05) is 6.92 Å². The standard InChI is InChI=1S/C9H18N/c1-4-9(2)10(3)7-5-6-8-10/h2,4-8H2,1,3H3/q+1. The van der Waals surface area contributed by atoms with Gasteiger partial charge in [0.25, 0.3) is 0 Å². The van der Waals surface area contributed by atoms with Gasteiger partial charge in [-0.15, -0.1) is 0 Å². The van der Waals surface area contributed by atoms with E-state index < -0.39 is 0 Å². The van der Waals surface area contributed by atoms with Crippen molar-refractivity contribution in [3.63, 3.8) is 0 Å². The molecule has 1 saturated heterocycles. The topological polar surface area (TPSA) is 0 Å². The van der Waals surface area contributed by atoms with Crippen molar-refractivity contribution in [3.8, 4) is 0 Å². The van der Waals surface area contributed by atoms with Gasteiger partial charge in [-0.3, -0.25) is 4.48 Å². The van der Waals surface area contributed by atoms with Crippen molar-refractivity contribution in [2.75, 3.05) is 20.1 Å². The molecule has 0 aromatic heterocycles. The van der Waals surface area contributed by atoms with Crippen molar-refractivity contribution >= 4 is 0 Å². The summed E-state index contributed by atoms with van der Waals surface area (Å²) >= 11 is 0. The Morgan fingerprint density at radius 2 is 1.90 bits per heavy atom. The van der Waals surface area contributed by atoms with Crippen LogP contribution in [0, 0.1) is 0 Å². The van der Waals surface area contributed by atoms with Crippen molar-refractivity contribution in [2.45, 2.75) is 26.2 Å². The van der Waals surface area contributed by atoms with Gasteiger partial charge in [0.2, 0.25) is 0 Å². The van der Waals surface area contributed by atoms with Crippen LogP contribution in [-0.2, 0) is 0 Å². The molecule has 0 aromatic carbocycles.